The van der Waals surface area contributed by atoms with Crippen LogP contribution < -0.4 is 0 Å². The number of carbonyl (C=O) groups is 2. The van der Waals surface area contributed by atoms with Gasteiger partial charge in [-0.1, -0.05) is 6.07 Å². The van der Waals surface area contributed by atoms with Crippen LogP contribution in [0.15, 0.2) is 24.3 Å². The van der Waals surface area contributed by atoms with E-state index in [1.54, 1.807) is 16.8 Å². The fraction of sp³-hybridized carbons (Fsp3) is 0.214. The second kappa shape index (κ2) is 4.69. The third-order valence-corrected chi connectivity index (χ3v) is 4.27. The Kier molecular flexibility index (Phi) is 3.12. The Morgan fingerprint density at radius 1 is 1.25 bits per heavy atom. The molecule has 102 valence electrons. The van der Waals surface area contributed by atoms with E-state index in [2.05, 4.69) is 27.7 Å². The second-order valence-corrected chi connectivity index (χ2v) is 5.92. The molecule has 1 aliphatic heterocycles. The van der Waals surface area contributed by atoms with Crippen LogP contribution in [0.25, 0.3) is 0 Å². The third-order valence-electron chi connectivity index (χ3n) is 3.37. The lowest BCUT2D eigenvalue weighted by Crippen LogP contribution is -2.30. The van der Waals surface area contributed by atoms with Gasteiger partial charge in [-0.2, -0.15) is 5.10 Å². The predicted molar refractivity (Wildman–Crippen MR) is 81.3 cm³/mol. The highest BCUT2D eigenvalue weighted by molar-refractivity contribution is 14.1. The first kappa shape index (κ1) is 13.3. The van der Waals surface area contributed by atoms with E-state index in [9.17, 15) is 9.59 Å². The van der Waals surface area contributed by atoms with E-state index in [1.165, 1.54) is 4.90 Å². The minimum absolute atomic E-state index is 0.228. The van der Waals surface area contributed by atoms with Gasteiger partial charge in [0.25, 0.3) is 11.8 Å². The molecule has 1 aliphatic rings. The highest BCUT2D eigenvalue weighted by Gasteiger charge is 2.37. The first-order valence-corrected chi connectivity index (χ1v) is 7.21. The van der Waals surface area contributed by atoms with Crippen molar-refractivity contribution >= 4 is 34.4 Å². The number of hydrogen-bond acceptors (Lipinski definition) is 3. The molecule has 1 aromatic carbocycles. The number of imide groups is 1. The molecule has 3 rings (SSSR count). The maximum absolute atomic E-state index is 12.4. The molecule has 2 heterocycles. The number of halogens is 1. The van der Waals surface area contributed by atoms with Crippen molar-refractivity contribution in [1.82, 2.24) is 14.7 Å². The summed E-state index contributed by atoms with van der Waals surface area (Å²) in [4.78, 5) is 26.1. The zero-order valence-electron chi connectivity index (χ0n) is 11.1. The molecule has 0 bridgehead atoms. The fourth-order valence-electron chi connectivity index (χ4n) is 2.41. The van der Waals surface area contributed by atoms with Gasteiger partial charge in [-0.05, 0) is 47.7 Å². The molecule has 0 N–H and O–H groups in total. The Balaban J connectivity index is 1.98. The molecule has 0 saturated carbocycles. The van der Waals surface area contributed by atoms with E-state index in [1.807, 2.05) is 26.1 Å². The Bertz CT molecular complexity index is 736. The van der Waals surface area contributed by atoms with Crippen molar-refractivity contribution in [1.29, 1.82) is 0 Å². The Hall–Kier alpha value is -1.70. The van der Waals surface area contributed by atoms with Gasteiger partial charge >= 0.3 is 0 Å². The zero-order chi connectivity index (χ0) is 14.4. The molecule has 2 amide bonds. The number of rotatable bonds is 2. The maximum Gasteiger partial charge on any atom is 0.262 e. The standard InChI is InChI=1S/C14H12IN3O2/c1-8-6-9(17(2)16-8)7-18-13(19)10-4-3-5-11(15)12(10)14(18)20/h3-6H,7H2,1-2H3. The lowest BCUT2D eigenvalue weighted by molar-refractivity contribution is 0.0638. The molecular formula is C14H12IN3O2. The minimum atomic E-state index is -0.234. The topological polar surface area (TPSA) is 55.2 Å². The van der Waals surface area contributed by atoms with Gasteiger partial charge in [-0.25, -0.2) is 0 Å². The van der Waals surface area contributed by atoms with Gasteiger partial charge in [0.1, 0.15) is 0 Å². The van der Waals surface area contributed by atoms with Crippen LogP contribution in [0.1, 0.15) is 32.1 Å². The van der Waals surface area contributed by atoms with Crippen LogP contribution in [0, 0.1) is 10.5 Å². The van der Waals surface area contributed by atoms with Crippen LogP contribution in [-0.2, 0) is 13.6 Å². The number of aromatic nitrogens is 2. The summed E-state index contributed by atoms with van der Waals surface area (Å²) in [6.45, 7) is 2.13. The monoisotopic (exact) mass is 381 g/mol. The second-order valence-electron chi connectivity index (χ2n) is 4.76. The average molecular weight is 381 g/mol. The summed E-state index contributed by atoms with van der Waals surface area (Å²) in [5.41, 5.74) is 2.71. The first-order chi connectivity index (χ1) is 9.49. The number of fused-ring (bicyclic) bond motifs is 1. The number of amides is 2. The van der Waals surface area contributed by atoms with E-state index >= 15 is 0 Å². The lowest BCUT2D eigenvalue weighted by atomic mass is 10.1. The molecule has 2 aromatic rings. The Labute approximate surface area is 129 Å². The van der Waals surface area contributed by atoms with Gasteiger partial charge in [-0.15, -0.1) is 0 Å². The molecule has 0 unspecified atom stereocenters. The van der Waals surface area contributed by atoms with E-state index < -0.39 is 0 Å². The van der Waals surface area contributed by atoms with Crippen molar-refractivity contribution in [2.45, 2.75) is 13.5 Å². The van der Waals surface area contributed by atoms with Crippen LogP contribution in [0.4, 0.5) is 0 Å². The highest BCUT2D eigenvalue weighted by atomic mass is 127. The van der Waals surface area contributed by atoms with Gasteiger partial charge < -0.3 is 0 Å². The lowest BCUT2D eigenvalue weighted by Gasteiger charge is -2.13. The number of benzene rings is 1. The van der Waals surface area contributed by atoms with E-state index in [0.717, 1.165) is 15.0 Å². The van der Waals surface area contributed by atoms with E-state index in [4.69, 9.17) is 0 Å². The van der Waals surface area contributed by atoms with Crippen molar-refractivity contribution < 1.29 is 9.59 Å². The quantitative estimate of drug-likeness (QED) is 0.592. The normalized spacial score (nSPS) is 14.1. The molecule has 0 fully saturated rings. The smallest absolute Gasteiger partial charge is 0.262 e. The van der Waals surface area contributed by atoms with Crippen molar-refractivity contribution in [2.24, 2.45) is 7.05 Å². The maximum atomic E-state index is 12.4. The molecular weight excluding hydrogens is 369 g/mol. The Morgan fingerprint density at radius 2 is 2.00 bits per heavy atom. The van der Waals surface area contributed by atoms with Crippen molar-refractivity contribution in [2.75, 3.05) is 0 Å². The molecule has 5 nitrogen and oxygen atoms in total. The van der Waals surface area contributed by atoms with Crippen LogP contribution in [0.2, 0.25) is 0 Å². The predicted octanol–water partition coefficient (Wildman–Crippen LogP) is 2.13. The summed E-state index contributed by atoms with van der Waals surface area (Å²) < 4.78 is 2.51. The average Bonchev–Trinajstić information content (AvgIpc) is 2.83. The summed E-state index contributed by atoms with van der Waals surface area (Å²) in [5.74, 6) is -0.462. The van der Waals surface area contributed by atoms with Crippen molar-refractivity contribution in [3.05, 3.63) is 50.4 Å². The van der Waals surface area contributed by atoms with Crippen LogP contribution in [-0.4, -0.2) is 26.5 Å². The van der Waals surface area contributed by atoms with Gasteiger partial charge in [0.15, 0.2) is 0 Å². The highest BCUT2D eigenvalue weighted by Crippen LogP contribution is 2.28. The van der Waals surface area contributed by atoms with Crippen LogP contribution >= 0.6 is 22.6 Å². The zero-order valence-corrected chi connectivity index (χ0v) is 13.2. The van der Waals surface area contributed by atoms with Gasteiger partial charge in [0.2, 0.25) is 0 Å². The van der Waals surface area contributed by atoms with Gasteiger partial charge in [-0.3, -0.25) is 19.2 Å². The molecule has 6 heteroatoms. The molecule has 1 aromatic heterocycles. The van der Waals surface area contributed by atoms with Crippen molar-refractivity contribution in [3.63, 3.8) is 0 Å². The Morgan fingerprint density at radius 3 is 2.60 bits per heavy atom. The molecule has 0 aliphatic carbocycles. The minimum Gasteiger partial charge on any atom is -0.271 e. The third kappa shape index (κ3) is 1.94. The van der Waals surface area contributed by atoms with Crippen LogP contribution in [0.5, 0.6) is 0 Å². The largest absolute Gasteiger partial charge is 0.271 e. The molecule has 0 atom stereocenters. The molecule has 0 spiro atoms. The first-order valence-electron chi connectivity index (χ1n) is 6.13. The molecule has 0 saturated heterocycles. The summed E-state index contributed by atoms with van der Waals surface area (Å²) in [7, 11) is 1.81. The summed E-state index contributed by atoms with van der Waals surface area (Å²) in [5, 5.41) is 4.24. The summed E-state index contributed by atoms with van der Waals surface area (Å²) in [6.07, 6.45) is 0. The van der Waals surface area contributed by atoms with E-state index in [0.29, 0.717) is 11.1 Å². The SMILES string of the molecule is Cc1cc(CN2C(=O)c3cccc(I)c3C2=O)n(C)n1. The number of carbonyl (C=O) groups excluding carboxylic acids is 2. The van der Waals surface area contributed by atoms with Gasteiger partial charge in [0.05, 0.1) is 29.1 Å². The number of nitrogens with zero attached hydrogens (tertiary/aromatic N) is 3. The number of hydrogen-bond donors (Lipinski definition) is 0. The molecule has 20 heavy (non-hydrogen) atoms. The van der Waals surface area contributed by atoms with Gasteiger partial charge in [0, 0.05) is 10.6 Å². The number of aryl methyl sites for hydroxylation is 2. The fourth-order valence-corrected chi connectivity index (χ4v) is 3.14. The van der Waals surface area contributed by atoms with E-state index in [-0.39, 0.29) is 18.4 Å². The summed E-state index contributed by atoms with van der Waals surface area (Å²) in [6, 6.07) is 7.21. The molecule has 0 radical (unpaired) electrons. The van der Waals surface area contributed by atoms with Crippen LogP contribution in [0.3, 0.4) is 0 Å². The van der Waals surface area contributed by atoms with Crippen molar-refractivity contribution in [3.8, 4) is 0 Å². The summed E-state index contributed by atoms with van der Waals surface area (Å²) >= 11 is 2.09.